The monoisotopic (exact) mass is 249 g/mol. The van der Waals surface area contributed by atoms with E-state index in [1.807, 2.05) is 0 Å². The fourth-order valence-corrected chi connectivity index (χ4v) is 1.75. The van der Waals surface area contributed by atoms with Gasteiger partial charge in [0.1, 0.15) is 11.7 Å². The normalized spacial score (nSPS) is 12.6. The molecule has 0 N–H and O–H groups in total. The Bertz CT molecular complexity index is 565. The van der Waals surface area contributed by atoms with Crippen molar-refractivity contribution >= 4 is 11.6 Å². The summed E-state index contributed by atoms with van der Waals surface area (Å²) in [4.78, 5) is 16.2. The molecule has 2 aromatic rings. The largest absolute Gasteiger partial charge is 0.456 e. The Morgan fingerprint density at radius 2 is 2.33 bits per heavy atom. The van der Waals surface area contributed by atoms with Crippen molar-refractivity contribution in [2.24, 2.45) is 0 Å². The first-order valence-corrected chi connectivity index (χ1v) is 5.63. The lowest BCUT2D eigenvalue weighted by Gasteiger charge is -2.11. The molecule has 0 radical (unpaired) electrons. The van der Waals surface area contributed by atoms with E-state index in [1.54, 1.807) is 43.9 Å². The minimum Gasteiger partial charge on any atom is -0.456 e. The lowest BCUT2D eigenvalue weighted by atomic mass is 10.2. The Labute approximate surface area is 105 Å². The zero-order chi connectivity index (χ0) is 13.1. The molecule has 0 aliphatic rings. The summed E-state index contributed by atoms with van der Waals surface area (Å²) >= 11 is 0. The van der Waals surface area contributed by atoms with Crippen LogP contribution in [-0.2, 0) is 9.47 Å². The Morgan fingerprint density at radius 3 is 3.06 bits per heavy atom. The Kier molecular flexibility index (Phi) is 3.57. The Balaban J connectivity index is 2.30. The molecule has 96 valence electrons. The minimum absolute atomic E-state index is 0.305. The average Bonchev–Trinajstić information content (AvgIpc) is 2.64. The zero-order valence-corrected chi connectivity index (χ0v) is 10.6. The third-order valence-electron chi connectivity index (χ3n) is 2.48. The van der Waals surface area contributed by atoms with E-state index in [9.17, 15) is 4.79 Å². The first kappa shape index (κ1) is 12.5. The molecule has 1 atom stereocenters. The number of aryl methyl sites for hydroxylation is 1. The first-order valence-electron chi connectivity index (χ1n) is 5.63. The van der Waals surface area contributed by atoms with Crippen LogP contribution < -0.4 is 0 Å². The number of rotatable bonds is 4. The quantitative estimate of drug-likeness (QED) is 0.762. The van der Waals surface area contributed by atoms with Gasteiger partial charge in [-0.2, -0.15) is 5.10 Å². The standard InChI is InChI=1S/C12H15N3O3/c1-8(7-17-3)18-12(16)10-9(2)14-15-6-4-5-13-11(10)15/h4-6,8H,7H2,1-3H3/t8-/m0/s1. The molecule has 0 saturated carbocycles. The molecule has 18 heavy (non-hydrogen) atoms. The van der Waals surface area contributed by atoms with Crippen LogP contribution in [0.3, 0.4) is 0 Å². The molecule has 2 heterocycles. The summed E-state index contributed by atoms with van der Waals surface area (Å²) in [6, 6.07) is 1.75. The van der Waals surface area contributed by atoms with Crippen molar-refractivity contribution in [1.82, 2.24) is 14.6 Å². The molecular formula is C12H15N3O3. The molecule has 0 aliphatic heterocycles. The van der Waals surface area contributed by atoms with Crippen LogP contribution in [0, 0.1) is 6.92 Å². The summed E-state index contributed by atoms with van der Waals surface area (Å²) in [5, 5.41) is 4.21. The summed E-state index contributed by atoms with van der Waals surface area (Å²) in [7, 11) is 1.56. The van der Waals surface area contributed by atoms with Gasteiger partial charge in [-0.25, -0.2) is 14.3 Å². The molecular weight excluding hydrogens is 234 g/mol. The number of hydrogen-bond acceptors (Lipinski definition) is 5. The topological polar surface area (TPSA) is 65.7 Å². The van der Waals surface area contributed by atoms with Crippen molar-refractivity contribution in [2.75, 3.05) is 13.7 Å². The molecule has 0 spiro atoms. The van der Waals surface area contributed by atoms with E-state index in [0.29, 0.717) is 23.5 Å². The number of ether oxygens (including phenoxy) is 2. The van der Waals surface area contributed by atoms with Crippen LogP contribution in [0.25, 0.3) is 5.65 Å². The predicted molar refractivity (Wildman–Crippen MR) is 64.5 cm³/mol. The molecule has 0 amide bonds. The van der Waals surface area contributed by atoms with Gasteiger partial charge in [0.15, 0.2) is 5.65 Å². The van der Waals surface area contributed by atoms with E-state index in [1.165, 1.54) is 0 Å². The molecule has 0 saturated heterocycles. The van der Waals surface area contributed by atoms with E-state index in [2.05, 4.69) is 10.1 Å². The number of esters is 1. The second-order valence-corrected chi connectivity index (χ2v) is 4.02. The third kappa shape index (κ3) is 2.33. The molecule has 0 unspecified atom stereocenters. The summed E-state index contributed by atoms with van der Waals surface area (Å²) in [6.45, 7) is 3.89. The fraction of sp³-hybridized carbons (Fsp3) is 0.417. The summed E-state index contributed by atoms with van der Waals surface area (Å²) in [5.74, 6) is -0.425. The number of fused-ring (bicyclic) bond motifs is 1. The van der Waals surface area contributed by atoms with E-state index < -0.39 is 5.97 Å². The lowest BCUT2D eigenvalue weighted by Crippen LogP contribution is -2.20. The second-order valence-electron chi connectivity index (χ2n) is 4.02. The zero-order valence-electron chi connectivity index (χ0n) is 10.6. The number of carbonyl (C=O) groups is 1. The number of carbonyl (C=O) groups excluding carboxylic acids is 1. The van der Waals surface area contributed by atoms with Crippen LogP contribution in [0.5, 0.6) is 0 Å². The molecule has 0 bridgehead atoms. The number of aromatic nitrogens is 3. The van der Waals surface area contributed by atoms with Crippen LogP contribution in [0.4, 0.5) is 0 Å². The lowest BCUT2D eigenvalue weighted by molar-refractivity contribution is 0.0121. The molecule has 2 aromatic heterocycles. The maximum Gasteiger partial charge on any atom is 0.344 e. The molecule has 0 aromatic carbocycles. The van der Waals surface area contributed by atoms with Crippen molar-refractivity contribution in [3.8, 4) is 0 Å². The van der Waals surface area contributed by atoms with Gasteiger partial charge in [-0.05, 0) is 19.9 Å². The molecule has 6 heteroatoms. The van der Waals surface area contributed by atoms with E-state index in [0.717, 1.165) is 0 Å². The van der Waals surface area contributed by atoms with Crippen LogP contribution in [-0.4, -0.2) is 40.4 Å². The highest BCUT2D eigenvalue weighted by Crippen LogP contribution is 2.14. The summed E-state index contributed by atoms with van der Waals surface area (Å²) in [6.07, 6.45) is 3.05. The molecule has 2 rings (SSSR count). The number of hydrogen-bond donors (Lipinski definition) is 0. The van der Waals surface area contributed by atoms with Gasteiger partial charge < -0.3 is 9.47 Å². The highest BCUT2D eigenvalue weighted by molar-refractivity contribution is 5.97. The van der Waals surface area contributed by atoms with E-state index in [-0.39, 0.29) is 6.10 Å². The van der Waals surface area contributed by atoms with Gasteiger partial charge in [0.2, 0.25) is 0 Å². The first-order chi connectivity index (χ1) is 8.63. The number of nitrogens with zero attached hydrogens (tertiary/aromatic N) is 3. The van der Waals surface area contributed by atoms with Gasteiger partial charge >= 0.3 is 5.97 Å². The highest BCUT2D eigenvalue weighted by atomic mass is 16.6. The molecule has 0 fully saturated rings. The third-order valence-corrected chi connectivity index (χ3v) is 2.48. The minimum atomic E-state index is -0.425. The van der Waals surface area contributed by atoms with Crippen LogP contribution in [0.1, 0.15) is 23.0 Å². The predicted octanol–water partition coefficient (Wildman–Crippen LogP) is 1.23. The van der Waals surface area contributed by atoms with Crippen molar-refractivity contribution in [3.05, 3.63) is 29.7 Å². The van der Waals surface area contributed by atoms with Gasteiger partial charge in [-0.15, -0.1) is 0 Å². The van der Waals surface area contributed by atoms with Crippen molar-refractivity contribution in [2.45, 2.75) is 20.0 Å². The Morgan fingerprint density at radius 1 is 1.56 bits per heavy atom. The van der Waals surface area contributed by atoms with Crippen molar-refractivity contribution in [3.63, 3.8) is 0 Å². The Hall–Kier alpha value is -1.95. The summed E-state index contributed by atoms with van der Waals surface area (Å²) in [5.41, 5.74) is 1.51. The van der Waals surface area contributed by atoms with Crippen LogP contribution >= 0.6 is 0 Å². The SMILES string of the molecule is COC[C@H](C)OC(=O)c1c(C)nn2cccnc12. The van der Waals surface area contributed by atoms with Crippen LogP contribution in [0.15, 0.2) is 18.5 Å². The second kappa shape index (κ2) is 5.14. The van der Waals surface area contributed by atoms with E-state index in [4.69, 9.17) is 9.47 Å². The smallest absolute Gasteiger partial charge is 0.344 e. The van der Waals surface area contributed by atoms with Crippen molar-refractivity contribution in [1.29, 1.82) is 0 Å². The van der Waals surface area contributed by atoms with E-state index >= 15 is 0 Å². The summed E-state index contributed by atoms with van der Waals surface area (Å²) < 4.78 is 11.8. The highest BCUT2D eigenvalue weighted by Gasteiger charge is 2.21. The van der Waals surface area contributed by atoms with Crippen molar-refractivity contribution < 1.29 is 14.3 Å². The average molecular weight is 249 g/mol. The van der Waals surface area contributed by atoms with Gasteiger partial charge in [0.25, 0.3) is 0 Å². The van der Waals surface area contributed by atoms with Crippen LogP contribution in [0.2, 0.25) is 0 Å². The molecule has 6 nitrogen and oxygen atoms in total. The van der Waals surface area contributed by atoms with Gasteiger partial charge in [-0.1, -0.05) is 0 Å². The van der Waals surface area contributed by atoms with Gasteiger partial charge in [0, 0.05) is 19.5 Å². The maximum absolute atomic E-state index is 12.1. The fourth-order valence-electron chi connectivity index (χ4n) is 1.75. The van der Waals surface area contributed by atoms with Gasteiger partial charge in [0.05, 0.1) is 12.3 Å². The maximum atomic E-state index is 12.1. The molecule has 0 aliphatic carbocycles. The number of methoxy groups -OCH3 is 1. The van der Waals surface area contributed by atoms with Gasteiger partial charge in [-0.3, -0.25) is 0 Å².